The summed E-state index contributed by atoms with van der Waals surface area (Å²) in [7, 11) is 0. The highest BCUT2D eigenvalue weighted by Gasteiger charge is 2.18. The monoisotopic (exact) mass is 234 g/mol. The van der Waals surface area contributed by atoms with Crippen LogP contribution in [0.15, 0.2) is 0 Å². The zero-order chi connectivity index (χ0) is 12.4. The molecular formula is C13H18N2O2. The first-order chi connectivity index (χ1) is 8.08. The molecule has 1 aliphatic rings. The standard InChI is InChI=1S/C13H18N2O2/c1-8(13(16)17)7-12-14-9(2)10-5-3-4-6-11(10)15-12/h8H,3-7H2,1-2H3,(H,16,17). The summed E-state index contributed by atoms with van der Waals surface area (Å²) >= 11 is 0. The molecule has 0 radical (unpaired) electrons. The van der Waals surface area contributed by atoms with Crippen LogP contribution in [0.25, 0.3) is 0 Å². The van der Waals surface area contributed by atoms with Crippen LogP contribution >= 0.6 is 0 Å². The summed E-state index contributed by atoms with van der Waals surface area (Å²) in [6.07, 6.45) is 4.88. The highest BCUT2D eigenvalue weighted by Crippen LogP contribution is 2.22. The first-order valence-electron chi connectivity index (χ1n) is 6.16. The molecule has 1 heterocycles. The van der Waals surface area contributed by atoms with Crippen molar-refractivity contribution in [1.29, 1.82) is 0 Å². The van der Waals surface area contributed by atoms with Gasteiger partial charge in [-0.25, -0.2) is 9.97 Å². The van der Waals surface area contributed by atoms with Crippen molar-refractivity contribution >= 4 is 5.97 Å². The van der Waals surface area contributed by atoms with Gasteiger partial charge >= 0.3 is 5.97 Å². The van der Waals surface area contributed by atoms with Gasteiger partial charge in [-0.05, 0) is 38.2 Å². The van der Waals surface area contributed by atoms with Gasteiger partial charge < -0.3 is 5.11 Å². The number of carbonyl (C=O) groups is 1. The lowest BCUT2D eigenvalue weighted by Crippen LogP contribution is -2.17. The molecule has 92 valence electrons. The number of rotatable bonds is 3. The van der Waals surface area contributed by atoms with E-state index in [1.54, 1.807) is 6.92 Å². The number of aryl methyl sites for hydroxylation is 2. The highest BCUT2D eigenvalue weighted by atomic mass is 16.4. The van der Waals surface area contributed by atoms with Gasteiger partial charge in [-0.2, -0.15) is 0 Å². The molecule has 0 amide bonds. The molecule has 0 spiro atoms. The van der Waals surface area contributed by atoms with Crippen molar-refractivity contribution in [2.24, 2.45) is 5.92 Å². The summed E-state index contributed by atoms with van der Waals surface area (Å²) in [6, 6.07) is 0. The molecular weight excluding hydrogens is 216 g/mol. The predicted molar refractivity (Wildman–Crippen MR) is 63.9 cm³/mol. The Morgan fingerprint density at radius 3 is 2.76 bits per heavy atom. The second-order valence-electron chi connectivity index (χ2n) is 4.80. The Morgan fingerprint density at radius 1 is 1.35 bits per heavy atom. The summed E-state index contributed by atoms with van der Waals surface area (Å²) in [5.74, 6) is -0.530. The Balaban J connectivity index is 2.25. The topological polar surface area (TPSA) is 63.1 Å². The van der Waals surface area contributed by atoms with E-state index in [0.717, 1.165) is 24.2 Å². The van der Waals surface area contributed by atoms with Gasteiger partial charge in [-0.1, -0.05) is 6.92 Å². The summed E-state index contributed by atoms with van der Waals surface area (Å²) in [6.45, 7) is 3.70. The Bertz CT molecular complexity index is 443. The van der Waals surface area contributed by atoms with E-state index in [4.69, 9.17) is 5.11 Å². The fraction of sp³-hybridized carbons (Fsp3) is 0.615. The number of fused-ring (bicyclic) bond motifs is 1. The van der Waals surface area contributed by atoms with E-state index < -0.39 is 11.9 Å². The third kappa shape index (κ3) is 2.62. The number of carboxylic acids is 1. The number of hydrogen-bond donors (Lipinski definition) is 1. The molecule has 1 N–H and O–H groups in total. The van der Waals surface area contributed by atoms with E-state index in [0.29, 0.717) is 12.2 Å². The minimum atomic E-state index is -0.788. The average Bonchev–Trinajstić information content (AvgIpc) is 2.29. The molecule has 0 saturated heterocycles. The predicted octanol–water partition coefficient (Wildman–Crippen LogP) is 1.93. The minimum absolute atomic E-state index is 0.420. The molecule has 17 heavy (non-hydrogen) atoms. The van der Waals surface area contributed by atoms with Crippen LogP contribution in [-0.2, 0) is 24.1 Å². The molecule has 1 unspecified atom stereocenters. The van der Waals surface area contributed by atoms with Gasteiger partial charge in [0.15, 0.2) is 0 Å². The zero-order valence-corrected chi connectivity index (χ0v) is 10.4. The fourth-order valence-electron chi connectivity index (χ4n) is 2.30. The van der Waals surface area contributed by atoms with E-state index in [1.165, 1.54) is 18.4 Å². The molecule has 1 aromatic rings. The quantitative estimate of drug-likeness (QED) is 0.868. The maximum Gasteiger partial charge on any atom is 0.306 e. The second kappa shape index (κ2) is 4.82. The van der Waals surface area contributed by atoms with Crippen molar-refractivity contribution in [3.8, 4) is 0 Å². The van der Waals surface area contributed by atoms with Crippen molar-refractivity contribution in [2.45, 2.75) is 46.0 Å². The second-order valence-corrected chi connectivity index (χ2v) is 4.80. The number of nitrogens with zero attached hydrogens (tertiary/aromatic N) is 2. The first kappa shape index (κ1) is 12.0. The van der Waals surface area contributed by atoms with Gasteiger partial charge in [-0.15, -0.1) is 0 Å². The number of aliphatic carboxylic acids is 1. The van der Waals surface area contributed by atoms with Crippen LogP contribution in [0.2, 0.25) is 0 Å². The molecule has 2 rings (SSSR count). The van der Waals surface area contributed by atoms with Gasteiger partial charge in [0.2, 0.25) is 0 Å². The number of aromatic nitrogens is 2. The summed E-state index contributed by atoms with van der Waals surface area (Å²) in [5, 5.41) is 8.90. The van der Waals surface area contributed by atoms with Gasteiger partial charge in [-0.3, -0.25) is 4.79 Å². The van der Waals surface area contributed by atoms with Gasteiger partial charge in [0.05, 0.1) is 5.92 Å². The van der Waals surface area contributed by atoms with Crippen molar-refractivity contribution in [3.05, 3.63) is 22.8 Å². The van der Waals surface area contributed by atoms with Crippen LogP contribution < -0.4 is 0 Å². The van der Waals surface area contributed by atoms with Crippen LogP contribution in [0.1, 0.15) is 42.5 Å². The Hall–Kier alpha value is -1.45. The lowest BCUT2D eigenvalue weighted by atomic mass is 9.94. The third-order valence-corrected chi connectivity index (χ3v) is 3.35. The highest BCUT2D eigenvalue weighted by molar-refractivity contribution is 5.69. The Morgan fingerprint density at radius 2 is 2.06 bits per heavy atom. The molecule has 1 aromatic heterocycles. The lowest BCUT2D eigenvalue weighted by molar-refractivity contribution is -0.141. The summed E-state index contributed by atoms with van der Waals surface area (Å²) < 4.78 is 0. The summed E-state index contributed by atoms with van der Waals surface area (Å²) in [5.41, 5.74) is 3.45. The fourth-order valence-corrected chi connectivity index (χ4v) is 2.30. The maximum atomic E-state index is 10.8. The molecule has 0 fully saturated rings. The van der Waals surface area contributed by atoms with Crippen LogP contribution in [0.4, 0.5) is 0 Å². The number of carboxylic acid groups (broad SMARTS) is 1. The van der Waals surface area contributed by atoms with E-state index in [2.05, 4.69) is 9.97 Å². The van der Waals surface area contributed by atoms with E-state index in [1.807, 2.05) is 6.92 Å². The molecule has 0 saturated carbocycles. The van der Waals surface area contributed by atoms with E-state index in [-0.39, 0.29) is 0 Å². The Kier molecular flexibility index (Phi) is 3.41. The van der Waals surface area contributed by atoms with Crippen molar-refractivity contribution in [1.82, 2.24) is 9.97 Å². The molecule has 1 atom stereocenters. The Labute approximate surface area is 101 Å². The molecule has 4 nitrogen and oxygen atoms in total. The number of hydrogen-bond acceptors (Lipinski definition) is 3. The molecule has 0 aliphatic heterocycles. The average molecular weight is 234 g/mol. The van der Waals surface area contributed by atoms with Crippen molar-refractivity contribution in [2.75, 3.05) is 0 Å². The van der Waals surface area contributed by atoms with Gasteiger partial charge in [0.25, 0.3) is 0 Å². The van der Waals surface area contributed by atoms with Crippen molar-refractivity contribution in [3.63, 3.8) is 0 Å². The van der Waals surface area contributed by atoms with Crippen molar-refractivity contribution < 1.29 is 9.90 Å². The van der Waals surface area contributed by atoms with Gasteiger partial charge in [0, 0.05) is 17.8 Å². The molecule has 0 aromatic carbocycles. The summed E-state index contributed by atoms with van der Waals surface area (Å²) in [4.78, 5) is 19.8. The van der Waals surface area contributed by atoms with Crippen LogP contribution in [0.5, 0.6) is 0 Å². The molecule has 0 bridgehead atoms. The molecule has 1 aliphatic carbocycles. The minimum Gasteiger partial charge on any atom is -0.481 e. The lowest BCUT2D eigenvalue weighted by Gasteiger charge is -2.18. The maximum absolute atomic E-state index is 10.8. The van der Waals surface area contributed by atoms with Gasteiger partial charge in [0.1, 0.15) is 5.82 Å². The largest absolute Gasteiger partial charge is 0.481 e. The van der Waals surface area contributed by atoms with Crippen LogP contribution in [-0.4, -0.2) is 21.0 Å². The zero-order valence-electron chi connectivity index (χ0n) is 10.4. The van der Waals surface area contributed by atoms with E-state index >= 15 is 0 Å². The third-order valence-electron chi connectivity index (χ3n) is 3.35. The van der Waals surface area contributed by atoms with Crippen LogP contribution in [0.3, 0.4) is 0 Å². The van der Waals surface area contributed by atoms with E-state index in [9.17, 15) is 4.79 Å². The smallest absolute Gasteiger partial charge is 0.306 e. The first-order valence-corrected chi connectivity index (χ1v) is 6.16. The normalized spacial score (nSPS) is 16.4. The SMILES string of the molecule is Cc1nc(CC(C)C(=O)O)nc2c1CCCC2. The van der Waals surface area contributed by atoms with Crippen LogP contribution in [0, 0.1) is 12.8 Å². The molecule has 4 heteroatoms.